The number of carbonyl (C=O) groups excluding carboxylic acids is 1. The molecule has 150 valence electrons. The summed E-state index contributed by atoms with van der Waals surface area (Å²) in [5.41, 5.74) is 1.25. The molecule has 30 heavy (non-hydrogen) atoms. The van der Waals surface area contributed by atoms with Gasteiger partial charge in [0, 0.05) is 16.0 Å². The number of amides is 1. The van der Waals surface area contributed by atoms with Gasteiger partial charge in [-0.25, -0.2) is 4.98 Å². The first-order valence-electron chi connectivity index (χ1n) is 9.13. The molecular formula is C23H17ClN2O3S. The number of thiazole rings is 1. The molecule has 1 aromatic heterocycles. The summed E-state index contributed by atoms with van der Waals surface area (Å²) < 4.78 is 11.4. The van der Waals surface area contributed by atoms with Crippen LogP contribution in [0.25, 0.3) is 0 Å². The van der Waals surface area contributed by atoms with Crippen molar-refractivity contribution in [1.82, 2.24) is 4.98 Å². The highest BCUT2D eigenvalue weighted by Gasteiger charge is 2.10. The number of anilines is 1. The van der Waals surface area contributed by atoms with E-state index in [9.17, 15) is 4.79 Å². The van der Waals surface area contributed by atoms with Gasteiger partial charge < -0.3 is 9.47 Å². The summed E-state index contributed by atoms with van der Waals surface area (Å²) in [5.74, 6) is 1.87. The molecule has 1 heterocycles. The van der Waals surface area contributed by atoms with Crippen LogP contribution in [-0.2, 0) is 6.61 Å². The molecule has 4 rings (SSSR count). The van der Waals surface area contributed by atoms with Gasteiger partial charge in [0.25, 0.3) is 5.91 Å². The largest absolute Gasteiger partial charge is 0.487 e. The molecule has 1 amide bonds. The predicted molar refractivity (Wildman–Crippen MR) is 119 cm³/mol. The highest BCUT2D eigenvalue weighted by atomic mass is 35.5. The number of aromatic nitrogens is 1. The first-order chi connectivity index (χ1) is 14.7. The smallest absolute Gasteiger partial charge is 0.257 e. The van der Waals surface area contributed by atoms with Crippen LogP contribution in [0.3, 0.4) is 0 Å². The lowest BCUT2D eigenvalue weighted by atomic mass is 10.2. The standard InChI is InChI=1S/C23H17ClN2O3S/c24-17-8-12-19(13-9-17)28-14-18-15-30-23(25-18)26-22(27)16-6-10-21(11-7-16)29-20-4-2-1-3-5-20/h1-13,15H,14H2,(H,25,26,27). The van der Waals surface area contributed by atoms with Crippen LogP contribution in [-0.4, -0.2) is 10.9 Å². The molecule has 0 aliphatic rings. The van der Waals surface area contributed by atoms with Crippen molar-refractivity contribution < 1.29 is 14.3 Å². The number of halogens is 1. The average Bonchev–Trinajstić information content (AvgIpc) is 3.22. The zero-order valence-electron chi connectivity index (χ0n) is 15.7. The molecule has 0 aliphatic heterocycles. The van der Waals surface area contributed by atoms with Gasteiger partial charge in [0.2, 0.25) is 0 Å². The van der Waals surface area contributed by atoms with Crippen LogP contribution in [0.15, 0.2) is 84.2 Å². The van der Waals surface area contributed by atoms with E-state index in [1.54, 1.807) is 48.5 Å². The van der Waals surface area contributed by atoms with Gasteiger partial charge in [-0.05, 0) is 60.7 Å². The van der Waals surface area contributed by atoms with Gasteiger partial charge in [0.1, 0.15) is 23.9 Å². The van der Waals surface area contributed by atoms with Crippen LogP contribution in [0.4, 0.5) is 5.13 Å². The first kappa shape index (κ1) is 19.9. The molecule has 3 aromatic carbocycles. The third-order valence-corrected chi connectivity index (χ3v) is 5.13. The lowest BCUT2D eigenvalue weighted by Crippen LogP contribution is -2.11. The number of para-hydroxylation sites is 1. The van der Waals surface area contributed by atoms with Gasteiger partial charge >= 0.3 is 0 Å². The van der Waals surface area contributed by atoms with Crippen molar-refractivity contribution in [2.45, 2.75) is 6.61 Å². The maximum absolute atomic E-state index is 12.5. The number of nitrogens with one attached hydrogen (secondary N) is 1. The number of benzene rings is 3. The van der Waals surface area contributed by atoms with Crippen molar-refractivity contribution in [2.75, 3.05) is 5.32 Å². The Hall–Kier alpha value is -3.35. The van der Waals surface area contributed by atoms with E-state index in [1.807, 2.05) is 35.7 Å². The minimum Gasteiger partial charge on any atom is -0.487 e. The number of hydrogen-bond acceptors (Lipinski definition) is 5. The van der Waals surface area contributed by atoms with E-state index in [4.69, 9.17) is 21.1 Å². The van der Waals surface area contributed by atoms with E-state index in [-0.39, 0.29) is 5.91 Å². The van der Waals surface area contributed by atoms with Crippen molar-refractivity contribution in [3.63, 3.8) is 0 Å². The highest BCUT2D eigenvalue weighted by molar-refractivity contribution is 7.13. The maximum atomic E-state index is 12.5. The molecule has 0 saturated heterocycles. The fraction of sp³-hybridized carbons (Fsp3) is 0.0435. The number of hydrogen-bond donors (Lipinski definition) is 1. The van der Waals surface area contributed by atoms with Gasteiger partial charge in [0.15, 0.2) is 5.13 Å². The van der Waals surface area contributed by atoms with Crippen molar-refractivity contribution in [3.05, 3.63) is 101 Å². The topological polar surface area (TPSA) is 60.5 Å². The Morgan fingerprint density at radius 1 is 0.900 bits per heavy atom. The molecule has 0 spiro atoms. The number of rotatable bonds is 7. The van der Waals surface area contributed by atoms with Gasteiger partial charge in [-0.15, -0.1) is 11.3 Å². The van der Waals surface area contributed by atoms with E-state index in [0.29, 0.717) is 33.8 Å². The van der Waals surface area contributed by atoms with Crippen molar-refractivity contribution in [1.29, 1.82) is 0 Å². The Morgan fingerprint density at radius 2 is 1.57 bits per heavy atom. The average molecular weight is 437 g/mol. The summed E-state index contributed by atoms with van der Waals surface area (Å²) in [6, 6.07) is 23.5. The molecule has 4 aromatic rings. The Kier molecular flexibility index (Phi) is 6.27. The maximum Gasteiger partial charge on any atom is 0.257 e. The molecule has 0 aliphatic carbocycles. The summed E-state index contributed by atoms with van der Waals surface area (Å²) >= 11 is 7.21. The third kappa shape index (κ3) is 5.37. The summed E-state index contributed by atoms with van der Waals surface area (Å²) in [7, 11) is 0. The molecule has 0 fully saturated rings. The lowest BCUT2D eigenvalue weighted by molar-refractivity contribution is 0.102. The third-order valence-electron chi connectivity index (χ3n) is 4.07. The predicted octanol–water partition coefficient (Wildman–Crippen LogP) is 6.42. The molecule has 1 N–H and O–H groups in total. The molecule has 0 atom stereocenters. The molecule has 0 saturated carbocycles. The monoisotopic (exact) mass is 436 g/mol. The van der Waals surface area contributed by atoms with Gasteiger partial charge in [-0.2, -0.15) is 0 Å². The number of ether oxygens (including phenoxy) is 2. The van der Waals surface area contributed by atoms with Crippen LogP contribution in [0, 0.1) is 0 Å². The molecule has 0 radical (unpaired) electrons. The van der Waals surface area contributed by atoms with E-state index in [1.165, 1.54) is 11.3 Å². The molecule has 0 unspecified atom stereocenters. The second-order valence-electron chi connectivity index (χ2n) is 6.28. The van der Waals surface area contributed by atoms with Gasteiger partial charge in [-0.1, -0.05) is 29.8 Å². The molecule has 7 heteroatoms. The number of nitrogens with zero attached hydrogens (tertiary/aromatic N) is 1. The fourth-order valence-corrected chi connectivity index (χ4v) is 3.40. The fourth-order valence-electron chi connectivity index (χ4n) is 2.59. The van der Waals surface area contributed by atoms with Crippen LogP contribution in [0.5, 0.6) is 17.2 Å². The van der Waals surface area contributed by atoms with E-state index >= 15 is 0 Å². The van der Waals surface area contributed by atoms with Crippen molar-refractivity contribution in [2.24, 2.45) is 0 Å². The second-order valence-corrected chi connectivity index (χ2v) is 7.57. The summed E-state index contributed by atoms with van der Waals surface area (Å²) in [6.45, 7) is 0.305. The zero-order chi connectivity index (χ0) is 20.8. The van der Waals surface area contributed by atoms with E-state index in [2.05, 4.69) is 10.3 Å². The SMILES string of the molecule is O=C(Nc1nc(COc2ccc(Cl)cc2)cs1)c1ccc(Oc2ccccc2)cc1. The van der Waals surface area contributed by atoms with Crippen LogP contribution < -0.4 is 14.8 Å². The molecular weight excluding hydrogens is 420 g/mol. The summed E-state index contributed by atoms with van der Waals surface area (Å²) in [5, 5.41) is 5.82. The second kappa shape index (κ2) is 9.43. The number of carbonyl (C=O) groups is 1. The van der Waals surface area contributed by atoms with Gasteiger partial charge in [0.05, 0.1) is 5.69 Å². The summed E-state index contributed by atoms with van der Waals surface area (Å²) in [6.07, 6.45) is 0. The first-order valence-corrected chi connectivity index (χ1v) is 10.4. The Morgan fingerprint density at radius 3 is 2.30 bits per heavy atom. The quantitative estimate of drug-likeness (QED) is 0.363. The van der Waals surface area contributed by atoms with E-state index < -0.39 is 0 Å². The van der Waals surface area contributed by atoms with Crippen LogP contribution in [0.1, 0.15) is 16.1 Å². The van der Waals surface area contributed by atoms with Crippen LogP contribution in [0.2, 0.25) is 5.02 Å². The lowest BCUT2D eigenvalue weighted by Gasteiger charge is -2.06. The van der Waals surface area contributed by atoms with Crippen LogP contribution >= 0.6 is 22.9 Å². The minimum atomic E-state index is -0.235. The van der Waals surface area contributed by atoms with E-state index in [0.717, 1.165) is 11.4 Å². The normalized spacial score (nSPS) is 10.4. The highest BCUT2D eigenvalue weighted by Crippen LogP contribution is 2.23. The van der Waals surface area contributed by atoms with Crippen molar-refractivity contribution in [3.8, 4) is 17.2 Å². The molecule has 5 nitrogen and oxygen atoms in total. The Labute approximate surface area is 182 Å². The molecule has 0 bridgehead atoms. The zero-order valence-corrected chi connectivity index (χ0v) is 17.3. The Bertz CT molecular complexity index is 1110. The van der Waals surface area contributed by atoms with Gasteiger partial charge in [-0.3, -0.25) is 10.1 Å². The Balaban J connectivity index is 1.32. The minimum absolute atomic E-state index is 0.235. The summed E-state index contributed by atoms with van der Waals surface area (Å²) in [4.78, 5) is 16.9. The van der Waals surface area contributed by atoms with Crippen molar-refractivity contribution >= 4 is 34.0 Å².